The van der Waals surface area contributed by atoms with Gasteiger partial charge in [0.05, 0.1) is 12.1 Å². The van der Waals surface area contributed by atoms with E-state index in [9.17, 15) is 19.1 Å². The summed E-state index contributed by atoms with van der Waals surface area (Å²) in [5, 5.41) is 11.3. The number of carbonyl (C=O) groups excluding carboxylic acids is 2. The van der Waals surface area contributed by atoms with Crippen LogP contribution in [-0.2, 0) is 13.1 Å². The minimum Gasteiger partial charge on any atom is -0.505 e. The van der Waals surface area contributed by atoms with Crippen LogP contribution in [0.1, 0.15) is 21.5 Å². The van der Waals surface area contributed by atoms with Crippen molar-refractivity contribution in [2.24, 2.45) is 0 Å². The lowest BCUT2D eigenvalue weighted by atomic mass is 10.0. The Morgan fingerprint density at radius 3 is 2.61 bits per heavy atom. The van der Waals surface area contributed by atoms with Gasteiger partial charge in [-0.3, -0.25) is 9.78 Å². The maximum atomic E-state index is 13.3. The molecule has 1 aromatic heterocycles. The number of aromatic hydroxyl groups is 1. The number of phenolic OH excluding ortho intramolecular Hbond substituents is 1. The summed E-state index contributed by atoms with van der Waals surface area (Å²) in [7, 11) is 2.00. The molecule has 3 aromatic rings. The molecular weight excluding hydrogens is 427 g/mol. The van der Waals surface area contributed by atoms with Crippen molar-refractivity contribution in [1.82, 2.24) is 19.7 Å². The number of piperazine rings is 1. The molecule has 2 amide bonds. The van der Waals surface area contributed by atoms with Gasteiger partial charge in [-0.1, -0.05) is 12.1 Å². The van der Waals surface area contributed by atoms with Gasteiger partial charge in [0.25, 0.3) is 5.91 Å². The molecule has 0 atom stereocenters. The van der Waals surface area contributed by atoms with Crippen LogP contribution in [0.2, 0.25) is 0 Å². The Hall–Kier alpha value is -3.72. The topological polar surface area (TPSA) is 86.2 Å². The lowest BCUT2D eigenvalue weighted by Gasteiger charge is -2.31. The summed E-state index contributed by atoms with van der Waals surface area (Å²) >= 11 is 0. The second-order valence-corrected chi connectivity index (χ2v) is 8.38. The van der Waals surface area contributed by atoms with Gasteiger partial charge in [-0.2, -0.15) is 0 Å². The molecule has 5 rings (SSSR count). The van der Waals surface area contributed by atoms with Crippen molar-refractivity contribution in [3.05, 3.63) is 65.1 Å². The summed E-state index contributed by atoms with van der Waals surface area (Å²) in [6.45, 7) is 2.95. The standard InChI is InChI=1S/C24H23FN4O4/c1-27-9-11-28(12-10-27)24(32)33-22-17-3-2-8-26-20(17)21(30)19-18(22)14-29(23(19)31)13-15-4-6-16(25)7-5-15/h2-8,30H,9-14H2,1H3. The fourth-order valence-electron chi connectivity index (χ4n) is 4.31. The second kappa shape index (κ2) is 8.32. The zero-order chi connectivity index (χ0) is 23.1. The number of pyridine rings is 1. The Morgan fingerprint density at radius 1 is 1.15 bits per heavy atom. The Bertz CT molecular complexity index is 1240. The molecule has 0 radical (unpaired) electrons. The lowest BCUT2D eigenvalue weighted by Crippen LogP contribution is -2.48. The van der Waals surface area contributed by atoms with Gasteiger partial charge in [0, 0.05) is 49.9 Å². The molecule has 3 heterocycles. The number of aromatic nitrogens is 1. The SMILES string of the molecule is CN1CCN(C(=O)Oc2c3c(c(O)c4ncccc24)C(=O)N(Cc2ccc(F)cc2)C3)CC1. The zero-order valence-corrected chi connectivity index (χ0v) is 18.1. The highest BCUT2D eigenvalue weighted by Crippen LogP contribution is 2.44. The number of hydrogen-bond acceptors (Lipinski definition) is 6. The number of likely N-dealkylation sites (N-methyl/N-ethyl adjacent to an activating group) is 1. The van der Waals surface area contributed by atoms with E-state index in [4.69, 9.17) is 4.74 Å². The molecule has 2 aromatic carbocycles. The molecule has 0 aliphatic carbocycles. The molecule has 0 unspecified atom stereocenters. The molecule has 0 spiro atoms. The third-order valence-corrected chi connectivity index (χ3v) is 6.18. The van der Waals surface area contributed by atoms with Crippen LogP contribution in [0, 0.1) is 5.82 Å². The zero-order valence-electron chi connectivity index (χ0n) is 18.1. The minimum absolute atomic E-state index is 0.0875. The van der Waals surface area contributed by atoms with Crippen molar-refractivity contribution >= 4 is 22.9 Å². The van der Waals surface area contributed by atoms with Crippen LogP contribution >= 0.6 is 0 Å². The summed E-state index contributed by atoms with van der Waals surface area (Å²) in [6, 6.07) is 9.29. The number of rotatable bonds is 3. The molecule has 0 saturated carbocycles. The van der Waals surface area contributed by atoms with Crippen LogP contribution < -0.4 is 4.74 Å². The molecule has 8 nitrogen and oxygen atoms in total. The van der Waals surface area contributed by atoms with Crippen LogP contribution in [0.15, 0.2) is 42.6 Å². The first kappa shape index (κ1) is 21.1. The summed E-state index contributed by atoms with van der Waals surface area (Å²) in [4.78, 5) is 35.7. The fourth-order valence-corrected chi connectivity index (χ4v) is 4.31. The van der Waals surface area contributed by atoms with E-state index in [0.29, 0.717) is 24.0 Å². The number of carbonyl (C=O) groups is 2. The summed E-state index contributed by atoms with van der Waals surface area (Å²) in [6.07, 6.45) is 1.02. The summed E-state index contributed by atoms with van der Waals surface area (Å²) in [5.74, 6) is -0.740. The summed E-state index contributed by atoms with van der Waals surface area (Å²) < 4.78 is 19.1. The van der Waals surface area contributed by atoms with Gasteiger partial charge in [0.2, 0.25) is 0 Å². The maximum Gasteiger partial charge on any atom is 0.415 e. The molecule has 9 heteroatoms. The molecule has 1 fully saturated rings. The number of ether oxygens (including phenoxy) is 1. The average molecular weight is 450 g/mol. The first-order chi connectivity index (χ1) is 15.9. The largest absolute Gasteiger partial charge is 0.505 e. The normalized spacial score (nSPS) is 16.4. The smallest absolute Gasteiger partial charge is 0.415 e. The molecule has 2 aliphatic rings. The average Bonchev–Trinajstić information content (AvgIpc) is 3.14. The number of amides is 2. The Kier molecular flexibility index (Phi) is 5.33. The highest BCUT2D eigenvalue weighted by Gasteiger charge is 2.37. The van der Waals surface area contributed by atoms with Gasteiger partial charge < -0.3 is 24.5 Å². The van der Waals surface area contributed by atoms with E-state index in [0.717, 1.165) is 18.7 Å². The highest BCUT2D eigenvalue weighted by molar-refractivity contribution is 6.09. The van der Waals surface area contributed by atoms with E-state index < -0.39 is 12.0 Å². The highest BCUT2D eigenvalue weighted by atomic mass is 19.1. The summed E-state index contributed by atoms with van der Waals surface area (Å²) in [5.41, 5.74) is 1.48. The third-order valence-electron chi connectivity index (χ3n) is 6.18. The number of hydrogen-bond donors (Lipinski definition) is 1. The molecule has 1 saturated heterocycles. The van der Waals surface area contributed by atoms with Gasteiger partial charge in [0.1, 0.15) is 17.1 Å². The van der Waals surface area contributed by atoms with Gasteiger partial charge in [0.15, 0.2) is 5.75 Å². The van der Waals surface area contributed by atoms with Crippen molar-refractivity contribution in [3.63, 3.8) is 0 Å². The molecular formula is C24H23FN4O4. The molecule has 2 aliphatic heterocycles. The Morgan fingerprint density at radius 2 is 1.88 bits per heavy atom. The first-order valence-corrected chi connectivity index (χ1v) is 10.7. The molecule has 33 heavy (non-hydrogen) atoms. The van der Waals surface area contributed by atoms with Crippen molar-refractivity contribution in [2.45, 2.75) is 13.1 Å². The van der Waals surface area contributed by atoms with E-state index in [1.165, 1.54) is 23.2 Å². The van der Waals surface area contributed by atoms with Gasteiger partial charge in [-0.15, -0.1) is 0 Å². The molecule has 0 bridgehead atoms. The fraction of sp³-hybridized carbons (Fsp3) is 0.292. The van der Waals surface area contributed by atoms with Crippen LogP contribution in [0.3, 0.4) is 0 Å². The van der Waals surface area contributed by atoms with Gasteiger partial charge in [-0.25, -0.2) is 9.18 Å². The van der Waals surface area contributed by atoms with Crippen molar-refractivity contribution in [3.8, 4) is 11.5 Å². The minimum atomic E-state index is -0.495. The van der Waals surface area contributed by atoms with Crippen molar-refractivity contribution in [2.75, 3.05) is 33.2 Å². The van der Waals surface area contributed by atoms with Crippen molar-refractivity contribution < 1.29 is 23.8 Å². The Labute approximate surface area is 189 Å². The molecule has 1 N–H and O–H groups in total. The van der Waals surface area contributed by atoms with E-state index in [1.807, 2.05) is 7.05 Å². The van der Waals surface area contributed by atoms with E-state index in [2.05, 4.69) is 9.88 Å². The predicted octanol–water partition coefficient (Wildman–Crippen LogP) is 2.98. The lowest BCUT2D eigenvalue weighted by molar-refractivity contribution is 0.0764. The van der Waals surface area contributed by atoms with Crippen LogP contribution in [0.25, 0.3) is 10.9 Å². The Balaban J connectivity index is 1.51. The third kappa shape index (κ3) is 3.84. The van der Waals surface area contributed by atoms with Crippen LogP contribution in [-0.4, -0.2) is 70.0 Å². The maximum absolute atomic E-state index is 13.3. The quantitative estimate of drug-likeness (QED) is 0.660. The monoisotopic (exact) mass is 450 g/mol. The number of nitrogens with zero attached hydrogens (tertiary/aromatic N) is 4. The van der Waals surface area contributed by atoms with Crippen LogP contribution in [0.4, 0.5) is 9.18 Å². The molecule has 170 valence electrons. The number of phenols is 1. The number of fused-ring (bicyclic) bond motifs is 2. The van der Waals surface area contributed by atoms with Crippen LogP contribution in [0.5, 0.6) is 11.5 Å². The van der Waals surface area contributed by atoms with Crippen molar-refractivity contribution in [1.29, 1.82) is 0 Å². The van der Waals surface area contributed by atoms with E-state index in [-0.39, 0.29) is 41.5 Å². The number of benzene rings is 2. The number of halogens is 1. The second-order valence-electron chi connectivity index (χ2n) is 8.38. The van der Waals surface area contributed by atoms with E-state index in [1.54, 1.807) is 29.2 Å². The van der Waals surface area contributed by atoms with E-state index >= 15 is 0 Å². The van der Waals surface area contributed by atoms with Gasteiger partial charge >= 0.3 is 6.09 Å². The predicted molar refractivity (Wildman–Crippen MR) is 118 cm³/mol. The van der Waals surface area contributed by atoms with Gasteiger partial charge in [-0.05, 0) is 36.9 Å². The first-order valence-electron chi connectivity index (χ1n) is 10.7.